The van der Waals surface area contributed by atoms with Crippen molar-refractivity contribution in [2.45, 2.75) is 13.1 Å². The second-order valence-corrected chi connectivity index (χ2v) is 4.95. The van der Waals surface area contributed by atoms with Gasteiger partial charge in [0, 0.05) is 20.2 Å². The SMILES string of the molecule is COCCN(Cc1ccccc1)Cc1ccc(C(=O)OC)o1. The van der Waals surface area contributed by atoms with Gasteiger partial charge in [-0.2, -0.15) is 0 Å². The van der Waals surface area contributed by atoms with Gasteiger partial charge in [-0.15, -0.1) is 0 Å². The van der Waals surface area contributed by atoms with Gasteiger partial charge in [0.15, 0.2) is 0 Å². The van der Waals surface area contributed by atoms with Gasteiger partial charge in [0.1, 0.15) is 5.76 Å². The maximum absolute atomic E-state index is 11.4. The number of hydrogen-bond donors (Lipinski definition) is 0. The molecule has 0 amide bonds. The smallest absolute Gasteiger partial charge is 0.373 e. The van der Waals surface area contributed by atoms with Crippen molar-refractivity contribution in [3.05, 3.63) is 59.5 Å². The van der Waals surface area contributed by atoms with Gasteiger partial charge in [-0.3, -0.25) is 4.90 Å². The number of carbonyl (C=O) groups is 1. The summed E-state index contributed by atoms with van der Waals surface area (Å²) in [6.07, 6.45) is 0. The first kappa shape index (κ1) is 16.3. The van der Waals surface area contributed by atoms with Crippen molar-refractivity contribution in [2.75, 3.05) is 27.4 Å². The highest BCUT2D eigenvalue weighted by atomic mass is 16.5. The van der Waals surface area contributed by atoms with Crippen LogP contribution >= 0.6 is 0 Å². The molecule has 0 radical (unpaired) electrons. The Morgan fingerprint density at radius 3 is 2.55 bits per heavy atom. The monoisotopic (exact) mass is 303 g/mol. The number of hydrogen-bond acceptors (Lipinski definition) is 5. The molecule has 0 atom stereocenters. The van der Waals surface area contributed by atoms with Crippen molar-refractivity contribution < 1.29 is 18.7 Å². The van der Waals surface area contributed by atoms with Crippen LogP contribution in [0.3, 0.4) is 0 Å². The van der Waals surface area contributed by atoms with E-state index in [1.54, 1.807) is 19.2 Å². The zero-order valence-electron chi connectivity index (χ0n) is 13.0. The Kier molecular flexibility index (Phi) is 6.18. The Bertz CT molecular complexity index is 579. The Balaban J connectivity index is 2.02. The highest BCUT2D eigenvalue weighted by Crippen LogP contribution is 2.14. The number of furan rings is 1. The molecule has 5 nitrogen and oxygen atoms in total. The van der Waals surface area contributed by atoms with Crippen molar-refractivity contribution in [3.63, 3.8) is 0 Å². The summed E-state index contributed by atoms with van der Waals surface area (Å²) < 4.78 is 15.3. The fourth-order valence-electron chi connectivity index (χ4n) is 2.17. The molecule has 1 aromatic heterocycles. The molecule has 22 heavy (non-hydrogen) atoms. The summed E-state index contributed by atoms with van der Waals surface area (Å²) in [4.78, 5) is 13.6. The maximum atomic E-state index is 11.4. The lowest BCUT2D eigenvalue weighted by Crippen LogP contribution is -2.26. The summed E-state index contributed by atoms with van der Waals surface area (Å²) in [5.41, 5.74) is 1.22. The number of ether oxygens (including phenoxy) is 2. The van der Waals surface area contributed by atoms with Crippen LogP contribution in [-0.2, 0) is 22.6 Å². The number of nitrogens with zero attached hydrogens (tertiary/aromatic N) is 1. The molecule has 2 rings (SSSR count). The Morgan fingerprint density at radius 1 is 1.09 bits per heavy atom. The molecule has 0 saturated heterocycles. The van der Waals surface area contributed by atoms with Gasteiger partial charge in [-0.05, 0) is 17.7 Å². The summed E-state index contributed by atoms with van der Waals surface area (Å²) in [5.74, 6) is 0.495. The first-order valence-electron chi connectivity index (χ1n) is 7.15. The van der Waals surface area contributed by atoms with E-state index < -0.39 is 5.97 Å². The highest BCUT2D eigenvalue weighted by molar-refractivity contribution is 5.86. The molecule has 0 unspecified atom stereocenters. The van der Waals surface area contributed by atoms with Crippen molar-refractivity contribution >= 4 is 5.97 Å². The van der Waals surface area contributed by atoms with E-state index >= 15 is 0 Å². The molecule has 0 aliphatic carbocycles. The second kappa shape index (κ2) is 8.36. The number of rotatable bonds is 8. The largest absolute Gasteiger partial charge is 0.463 e. The molecule has 0 bridgehead atoms. The molecule has 118 valence electrons. The van der Waals surface area contributed by atoms with Gasteiger partial charge in [0.2, 0.25) is 5.76 Å². The van der Waals surface area contributed by atoms with E-state index in [-0.39, 0.29) is 5.76 Å². The minimum absolute atomic E-state index is 0.226. The molecule has 0 fully saturated rings. The van der Waals surface area contributed by atoms with E-state index in [1.165, 1.54) is 12.7 Å². The number of carbonyl (C=O) groups excluding carboxylic acids is 1. The average Bonchev–Trinajstić information content (AvgIpc) is 3.01. The summed E-state index contributed by atoms with van der Waals surface area (Å²) in [6.45, 7) is 2.81. The minimum atomic E-state index is -0.460. The summed E-state index contributed by atoms with van der Waals surface area (Å²) in [6, 6.07) is 13.6. The summed E-state index contributed by atoms with van der Waals surface area (Å²) in [5, 5.41) is 0. The summed E-state index contributed by atoms with van der Waals surface area (Å²) >= 11 is 0. The van der Waals surface area contributed by atoms with E-state index in [0.29, 0.717) is 13.2 Å². The van der Waals surface area contributed by atoms with Crippen molar-refractivity contribution in [1.29, 1.82) is 0 Å². The zero-order chi connectivity index (χ0) is 15.8. The molecule has 0 N–H and O–H groups in total. The summed E-state index contributed by atoms with van der Waals surface area (Å²) in [7, 11) is 3.02. The van der Waals surface area contributed by atoms with Crippen LogP contribution in [0.5, 0.6) is 0 Å². The van der Waals surface area contributed by atoms with Crippen LogP contribution in [0.2, 0.25) is 0 Å². The van der Waals surface area contributed by atoms with Crippen molar-refractivity contribution in [1.82, 2.24) is 4.90 Å². The predicted molar refractivity (Wildman–Crippen MR) is 82.5 cm³/mol. The van der Waals surface area contributed by atoms with E-state index in [0.717, 1.165) is 18.8 Å². The van der Waals surface area contributed by atoms with E-state index in [1.807, 2.05) is 18.2 Å². The molecular formula is C17H21NO4. The van der Waals surface area contributed by atoms with Crippen LogP contribution in [0, 0.1) is 0 Å². The second-order valence-electron chi connectivity index (χ2n) is 4.95. The van der Waals surface area contributed by atoms with Gasteiger partial charge in [0.25, 0.3) is 0 Å². The molecule has 0 aliphatic rings. The van der Waals surface area contributed by atoms with Crippen LogP contribution in [-0.4, -0.2) is 38.2 Å². The Morgan fingerprint density at radius 2 is 1.86 bits per heavy atom. The van der Waals surface area contributed by atoms with Crippen LogP contribution in [0.4, 0.5) is 0 Å². The normalized spacial score (nSPS) is 10.9. The molecule has 0 saturated carbocycles. The van der Waals surface area contributed by atoms with Crippen molar-refractivity contribution in [2.24, 2.45) is 0 Å². The molecular weight excluding hydrogens is 282 g/mol. The van der Waals surface area contributed by atoms with E-state index in [2.05, 4.69) is 21.8 Å². The standard InChI is InChI=1S/C17H21NO4/c1-20-11-10-18(12-14-6-4-3-5-7-14)13-15-8-9-16(22-15)17(19)21-2/h3-9H,10-13H2,1-2H3. The lowest BCUT2D eigenvalue weighted by atomic mass is 10.2. The quantitative estimate of drug-likeness (QED) is 0.702. The third kappa shape index (κ3) is 4.72. The van der Waals surface area contributed by atoms with Crippen LogP contribution in [0.25, 0.3) is 0 Å². The first-order chi connectivity index (χ1) is 10.7. The van der Waals surface area contributed by atoms with Gasteiger partial charge in [0.05, 0.1) is 20.3 Å². The Hall–Kier alpha value is -2.11. The first-order valence-corrected chi connectivity index (χ1v) is 7.15. The predicted octanol–water partition coefficient (Wildman–Crippen LogP) is 2.71. The molecule has 2 aromatic rings. The number of esters is 1. The van der Waals surface area contributed by atoms with E-state index in [4.69, 9.17) is 9.15 Å². The van der Waals surface area contributed by atoms with Gasteiger partial charge in [-0.1, -0.05) is 30.3 Å². The molecule has 1 heterocycles. The molecule has 5 heteroatoms. The van der Waals surface area contributed by atoms with Crippen molar-refractivity contribution in [3.8, 4) is 0 Å². The number of benzene rings is 1. The maximum Gasteiger partial charge on any atom is 0.373 e. The van der Waals surface area contributed by atoms with Crippen LogP contribution in [0.1, 0.15) is 21.9 Å². The van der Waals surface area contributed by atoms with Crippen LogP contribution < -0.4 is 0 Å². The van der Waals surface area contributed by atoms with E-state index in [9.17, 15) is 4.79 Å². The lowest BCUT2D eigenvalue weighted by Gasteiger charge is -2.20. The van der Waals surface area contributed by atoms with Gasteiger partial charge in [-0.25, -0.2) is 4.79 Å². The third-order valence-corrected chi connectivity index (χ3v) is 3.29. The molecule has 0 aliphatic heterocycles. The fourth-order valence-corrected chi connectivity index (χ4v) is 2.17. The average molecular weight is 303 g/mol. The topological polar surface area (TPSA) is 51.9 Å². The highest BCUT2D eigenvalue weighted by Gasteiger charge is 2.14. The molecule has 1 aromatic carbocycles. The minimum Gasteiger partial charge on any atom is -0.463 e. The lowest BCUT2D eigenvalue weighted by molar-refractivity contribution is 0.0560. The zero-order valence-corrected chi connectivity index (χ0v) is 13.0. The van der Waals surface area contributed by atoms with Crippen LogP contribution in [0.15, 0.2) is 46.9 Å². The number of methoxy groups -OCH3 is 2. The molecule has 0 spiro atoms. The Labute approximate surface area is 130 Å². The fraction of sp³-hybridized carbons (Fsp3) is 0.353. The van der Waals surface area contributed by atoms with Gasteiger partial charge >= 0.3 is 5.97 Å². The third-order valence-electron chi connectivity index (χ3n) is 3.29. The van der Waals surface area contributed by atoms with Gasteiger partial charge < -0.3 is 13.9 Å².